The molecule has 5 nitrogen and oxygen atoms in total. The zero-order chi connectivity index (χ0) is 17.2. The number of carbonyl (C=O) groups is 1. The maximum atomic E-state index is 12.5. The van der Waals surface area contributed by atoms with Gasteiger partial charge < -0.3 is 5.32 Å². The number of amides is 1. The van der Waals surface area contributed by atoms with Crippen LogP contribution in [0.3, 0.4) is 0 Å². The van der Waals surface area contributed by atoms with E-state index in [9.17, 15) is 13.2 Å². The summed E-state index contributed by atoms with van der Waals surface area (Å²) in [4.78, 5) is 12.5. The molecule has 0 radical (unpaired) electrons. The van der Waals surface area contributed by atoms with E-state index in [0.29, 0.717) is 24.2 Å². The molecule has 3 rings (SSSR count). The van der Waals surface area contributed by atoms with E-state index >= 15 is 0 Å². The van der Waals surface area contributed by atoms with Gasteiger partial charge in [-0.2, -0.15) is 0 Å². The molecule has 1 saturated heterocycles. The molecule has 2 aromatic carbocycles. The topological polar surface area (TPSA) is 66.5 Å². The molecule has 0 aliphatic carbocycles. The first-order valence-electron chi connectivity index (χ1n) is 7.94. The number of carbonyl (C=O) groups excluding carboxylic acids is 1. The summed E-state index contributed by atoms with van der Waals surface area (Å²) < 4.78 is 25.4. The number of nitrogens with one attached hydrogen (secondary N) is 1. The normalized spacial score (nSPS) is 17.5. The maximum absolute atomic E-state index is 12.5. The minimum absolute atomic E-state index is 0.127. The molecule has 1 fully saturated rings. The lowest BCUT2D eigenvalue weighted by Gasteiger charge is -2.18. The maximum Gasteiger partial charge on any atom is 0.251 e. The van der Waals surface area contributed by atoms with E-state index in [-0.39, 0.29) is 17.7 Å². The Balaban J connectivity index is 1.78. The van der Waals surface area contributed by atoms with E-state index in [1.807, 2.05) is 37.3 Å². The van der Waals surface area contributed by atoms with Crippen molar-refractivity contribution in [3.8, 4) is 0 Å². The van der Waals surface area contributed by atoms with Gasteiger partial charge in [-0.05, 0) is 37.1 Å². The fourth-order valence-corrected chi connectivity index (χ4v) is 4.39. The van der Waals surface area contributed by atoms with Gasteiger partial charge in [-0.25, -0.2) is 8.42 Å². The van der Waals surface area contributed by atoms with Crippen molar-refractivity contribution in [2.24, 2.45) is 0 Å². The second-order valence-electron chi connectivity index (χ2n) is 5.90. The monoisotopic (exact) mass is 344 g/mol. The SMILES string of the molecule is C[C@@H](NC(=O)c1cccc(N2CCCS2(=O)=O)c1)c1ccccc1. The molecule has 1 aliphatic rings. The van der Waals surface area contributed by atoms with Gasteiger partial charge in [0, 0.05) is 12.1 Å². The van der Waals surface area contributed by atoms with Gasteiger partial charge in [0.25, 0.3) is 5.91 Å². The summed E-state index contributed by atoms with van der Waals surface area (Å²) >= 11 is 0. The lowest BCUT2D eigenvalue weighted by atomic mass is 10.1. The number of benzene rings is 2. The van der Waals surface area contributed by atoms with Crippen molar-refractivity contribution in [1.82, 2.24) is 5.32 Å². The van der Waals surface area contributed by atoms with Crippen LogP contribution in [-0.2, 0) is 10.0 Å². The van der Waals surface area contributed by atoms with Gasteiger partial charge >= 0.3 is 0 Å². The van der Waals surface area contributed by atoms with Crippen LogP contribution >= 0.6 is 0 Å². The number of anilines is 1. The van der Waals surface area contributed by atoms with Crippen LogP contribution in [0.25, 0.3) is 0 Å². The standard InChI is InChI=1S/C18H20N2O3S/c1-14(15-7-3-2-4-8-15)19-18(21)16-9-5-10-17(13-16)20-11-6-12-24(20,22)23/h2-5,7-10,13-14H,6,11-12H2,1H3,(H,19,21)/t14-/m1/s1. The van der Waals surface area contributed by atoms with Crippen LogP contribution in [0.5, 0.6) is 0 Å². The van der Waals surface area contributed by atoms with Crippen molar-refractivity contribution in [3.63, 3.8) is 0 Å². The van der Waals surface area contributed by atoms with Crippen LogP contribution < -0.4 is 9.62 Å². The highest BCUT2D eigenvalue weighted by atomic mass is 32.2. The summed E-state index contributed by atoms with van der Waals surface area (Å²) in [6, 6.07) is 16.3. The van der Waals surface area contributed by atoms with Crippen molar-refractivity contribution in [1.29, 1.82) is 0 Å². The number of nitrogens with zero attached hydrogens (tertiary/aromatic N) is 1. The summed E-state index contributed by atoms with van der Waals surface area (Å²) in [5.74, 6) is -0.0566. The second-order valence-corrected chi connectivity index (χ2v) is 7.91. The third-order valence-corrected chi connectivity index (χ3v) is 6.01. The van der Waals surface area contributed by atoms with Gasteiger partial charge in [-0.3, -0.25) is 9.10 Å². The molecule has 0 unspecified atom stereocenters. The van der Waals surface area contributed by atoms with E-state index in [2.05, 4.69) is 5.32 Å². The van der Waals surface area contributed by atoms with Crippen LogP contribution in [0.15, 0.2) is 54.6 Å². The zero-order valence-electron chi connectivity index (χ0n) is 13.5. The smallest absolute Gasteiger partial charge is 0.251 e. The molecule has 24 heavy (non-hydrogen) atoms. The van der Waals surface area contributed by atoms with Crippen molar-refractivity contribution in [2.45, 2.75) is 19.4 Å². The highest BCUT2D eigenvalue weighted by Gasteiger charge is 2.28. The van der Waals surface area contributed by atoms with Gasteiger partial charge in [-0.1, -0.05) is 36.4 Å². The molecule has 2 aromatic rings. The summed E-state index contributed by atoms with van der Waals surface area (Å²) in [7, 11) is -3.25. The van der Waals surface area contributed by atoms with Crippen LogP contribution in [-0.4, -0.2) is 26.6 Å². The second kappa shape index (κ2) is 6.65. The average Bonchev–Trinajstić information content (AvgIpc) is 2.95. The molecule has 1 aliphatic heterocycles. The molecule has 126 valence electrons. The molecular weight excluding hydrogens is 324 g/mol. The van der Waals surface area contributed by atoms with E-state index in [1.165, 1.54) is 4.31 Å². The highest BCUT2D eigenvalue weighted by molar-refractivity contribution is 7.93. The zero-order valence-corrected chi connectivity index (χ0v) is 14.3. The lowest BCUT2D eigenvalue weighted by Crippen LogP contribution is -2.28. The van der Waals surface area contributed by atoms with E-state index in [1.54, 1.807) is 24.3 Å². The Kier molecular flexibility index (Phi) is 4.57. The van der Waals surface area contributed by atoms with Crippen LogP contribution in [0, 0.1) is 0 Å². The minimum atomic E-state index is -3.25. The fraction of sp³-hybridized carbons (Fsp3) is 0.278. The van der Waals surface area contributed by atoms with Crippen molar-refractivity contribution in [3.05, 3.63) is 65.7 Å². The third-order valence-electron chi connectivity index (χ3n) is 4.14. The number of hydrogen-bond donors (Lipinski definition) is 1. The quantitative estimate of drug-likeness (QED) is 0.927. The third kappa shape index (κ3) is 3.43. The minimum Gasteiger partial charge on any atom is -0.346 e. The molecule has 0 spiro atoms. The Bertz CT molecular complexity index is 834. The van der Waals surface area contributed by atoms with Crippen LogP contribution in [0.4, 0.5) is 5.69 Å². The molecule has 1 heterocycles. The van der Waals surface area contributed by atoms with Crippen molar-refractivity contribution >= 4 is 21.6 Å². The Hall–Kier alpha value is -2.34. The van der Waals surface area contributed by atoms with Crippen LogP contribution in [0.2, 0.25) is 0 Å². The molecule has 6 heteroatoms. The first kappa shape index (κ1) is 16.5. The van der Waals surface area contributed by atoms with E-state index in [0.717, 1.165) is 5.56 Å². The molecule has 0 saturated carbocycles. The summed E-state index contributed by atoms with van der Waals surface area (Å²) in [6.07, 6.45) is 0.615. The highest BCUT2D eigenvalue weighted by Crippen LogP contribution is 2.25. The van der Waals surface area contributed by atoms with Gasteiger partial charge in [0.1, 0.15) is 0 Å². The number of sulfonamides is 1. The fourth-order valence-electron chi connectivity index (χ4n) is 2.84. The van der Waals surface area contributed by atoms with Crippen LogP contribution in [0.1, 0.15) is 35.3 Å². The predicted octanol–water partition coefficient (Wildman–Crippen LogP) is 2.72. The van der Waals surface area contributed by atoms with Gasteiger partial charge in [0.2, 0.25) is 10.0 Å². The Morgan fingerprint density at radius 2 is 1.88 bits per heavy atom. The van der Waals surface area contributed by atoms with E-state index < -0.39 is 10.0 Å². The summed E-state index contributed by atoms with van der Waals surface area (Å²) in [5, 5.41) is 2.94. The molecule has 1 amide bonds. The van der Waals surface area contributed by atoms with Gasteiger partial charge in [0.05, 0.1) is 17.5 Å². The first-order chi connectivity index (χ1) is 11.5. The van der Waals surface area contributed by atoms with Gasteiger partial charge in [-0.15, -0.1) is 0 Å². The molecular formula is C18H20N2O3S. The Morgan fingerprint density at radius 3 is 2.54 bits per heavy atom. The largest absolute Gasteiger partial charge is 0.346 e. The first-order valence-corrected chi connectivity index (χ1v) is 9.54. The van der Waals surface area contributed by atoms with Crippen molar-refractivity contribution in [2.75, 3.05) is 16.6 Å². The van der Waals surface area contributed by atoms with E-state index in [4.69, 9.17) is 0 Å². The Labute approximate surface area is 142 Å². The molecule has 1 N–H and O–H groups in total. The van der Waals surface area contributed by atoms with Gasteiger partial charge in [0.15, 0.2) is 0 Å². The average molecular weight is 344 g/mol. The summed E-state index contributed by atoms with van der Waals surface area (Å²) in [6.45, 7) is 2.38. The molecule has 0 bridgehead atoms. The number of rotatable bonds is 4. The number of hydrogen-bond acceptors (Lipinski definition) is 3. The summed E-state index contributed by atoms with van der Waals surface area (Å²) in [5.41, 5.74) is 2.02. The molecule has 0 aromatic heterocycles. The molecule has 1 atom stereocenters. The van der Waals surface area contributed by atoms with Crippen molar-refractivity contribution < 1.29 is 13.2 Å². The Morgan fingerprint density at radius 1 is 1.12 bits per heavy atom. The lowest BCUT2D eigenvalue weighted by molar-refractivity contribution is 0.0940. The predicted molar refractivity (Wildman–Crippen MR) is 94.5 cm³/mol.